The Kier molecular flexibility index (Phi) is 5.99. The Labute approximate surface area is 149 Å². The van der Waals surface area contributed by atoms with Crippen molar-refractivity contribution in [3.8, 4) is 0 Å². The van der Waals surface area contributed by atoms with Crippen LogP contribution in [0.25, 0.3) is 0 Å². The van der Waals surface area contributed by atoms with E-state index in [9.17, 15) is 9.59 Å². The molecule has 0 aliphatic heterocycles. The summed E-state index contributed by atoms with van der Waals surface area (Å²) in [6, 6.07) is 11.9. The Morgan fingerprint density at radius 2 is 1.82 bits per heavy atom. The van der Waals surface area contributed by atoms with Crippen molar-refractivity contribution in [1.29, 1.82) is 0 Å². The van der Waals surface area contributed by atoms with Crippen LogP contribution in [0.5, 0.6) is 0 Å². The van der Waals surface area contributed by atoms with Crippen molar-refractivity contribution in [2.75, 3.05) is 11.9 Å². The van der Waals surface area contributed by atoms with Gasteiger partial charge in [-0.25, -0.2) is 4.79 Å². The van der Waals surface area contributed by atoms with Gasteiger partial charge in [0.15, 0.2) is 6.61 Å². The minimum absolute atomic E-state index is 0.200. The maximum Gasteiger partial charge on any atom is 0.340 e. The second kappa shape index (κ2) is 7.76. The number of benzene rings is 2. The lowest BCUT2D eigenvalue weighted by Crippen LogP contribution is -2.21. The summed E-state index contributed by atoms with van der Waals surface area (Å²) in [7, 11) is 0. The van der Waals surface area contributed by atoms with Gasteiger partial charge in [0.05, 0.1) is 10.6 Å². The van der Waals surface area contributed by atoms with Crippen molar-refractivity contribution in [2.24, 2.45) is 0 Å². The van der Waals surface area contributed by atoms with Crippen molar-refractivity contribution in [2.45, 2.75) is 0 Å². The normalized spacial score (nSPS) is 10.1. The highest BCUT2D eigenvalue weighted by molar-refractivity contribution is 9.10. The molecule has 0 atom stereocenters. The van der Waals surface area contributed by atoms with E-state index in [2.05, 4.69) is 37.2 Å². The van der Waals surface area contributed by atoms with E-state index < -0.39 is 18.5 Å². The lowest BCUT2D eigenvalue weighted by atomic mass is 10.2. The molecule has 0 heterocycles. The molecule has 1 amide bonds. The first-order valence-corrected chi connectivity index (χ1v) is 8.09. The molecule has 22 heavy (non-hydrogen) atoms. The Bertz CT molecular complexity index is 722. The van der Waals surface area contributed by atoms with E-state index in [4.69, 9.17) is 16.3 Å². The number of halogens is 3. The average molecular weight is 448 g/mol. The van der Waals surface area contributed by atoms with Gasteiger partial charge in [0.25, 0.3) is 5.91 Å². The highest BCUT2D eigenvalue weighted by Gasteiger charge is 2.14. The Balaban J connectivity index is 1.93. The lowest BCUT2D eigenvalue weighted by molar-refractivity contribution is -0.119. The minimum Gasteiger partial charge on any atom is -0.452 e. The molecule has 0 fully saturated rings. The zero-order valence-corrected chi connectivity index (χ0v) is 15.0. The number of hydrogen-bond acceptors (Lipinski definition) is 3. The van der Waals surface area contributed by atoms with Gasteiger partial charge in [0.1, 0.15) is 0 Å². The van der Waals surface area contributed by atoms with Crippen molar-refractivity contribution in [3.05, 3.63) is 62.0 Å². The lowest BCUT2D eigenvalue weighted by Gasteiger charge is -2.08. The summed E-state index contributed by atoms with van der Waals surface area (Å²) in [4.78, 5) is 23.7. The van der Waals surface area contributed by atoms with Crippen LogP contribution in [0.15, 0.2) is 51.4 Å². The van der Waals surface area contributed by atoms with Crippen LogP contribution in [0.1, 0.15) is 10.4 Å². The fraction of sp³-hybridized carbons (Fsp3) is 0.0667. The molecule has 0 spiro atoms. The summed E-state index contributed by atoms with van der Waals surface area (Å²) in [5.41, 5.74) is 0.808. The van der Waals surface area contributed by atoms with Gasteiger partial charge in [-0.1, -0.05) is 49.5 Å². The molecule has 114 valence electrons. The minimum atomic E-state index is -0.657. The van der Waals surface area contributed by atoms with Crippen LogP contribution < -0.4 is 5.32 Å². The number of anilines is 1. The summed E-state index contributed by atoms with van der Waals surface area (Å²) in [6.07, 6.45) is 0. The molecule has 2 aromatic rings. The second-order valence-corrected chi connectivity index (χ2v) is 6.50. The molecule has 0 saturated heterocycles. The molecule has 0 unspecified atom stereocenters. The van der Waals surface area contributed by atoms with E-state index in [0.717, 1.165) is 4.47 Å². The van der Waals surface area contributed by atoms with Crippen molar-refractivity contribution < 1.29 is 14.3 Å². The first-order valence-electron chi connectivity index (χ1n) is 6.13. The SMILES string of the molecule is O=C(COC(=O)c1cc(Br)ccc1Cl)Nc1cccc(Br)c1. The van der Waals surface area contributed by atoms with E-state index in [1.807, 2.05) is 6.07 Å². The fourth-order valence-electron chi connectivity index (χ4n) is 1.63. The van der Waals surface area contributed by atoms with E-state index in [1.165, 1.54) is 6.07 Å². The first kappa shape index (κ1) is 17.0. The maximum atomic E-state index is 11.9. The van der Waals surface area contributed by atoms with Gasteiger partial charge >= 0.3 is 5.97 Å². The number of hydrogen-bond donors (Lipinski definition) is 1. The molecule has 0 bridgehead atoms. The second-order valence-electron chi connectivity index (χ2n) is 4.26. The van der Waals surface area contributed by atoms with Crippen LogP contribution >= 0.6 is 43.5 Å². The number of amides is 1. The number of rotatable bonds is 4. The molecule has 2 rings (SSSR count). The molecule has 1 N–H and O–H groups in total. The third kappa shape index (κ3) is 4.83. The fourth-order valence-corrected chi connectivity index (χ4v) is 2.58. The third-order valence-electron chi connectivity index (χ3n) is 2.59. The van der Waals surface area contributed by atoms with E-state index in [-0.39, 0.29) is 10.6 Å². The van der Waals surface area contributed by atoms with Gasteiger partial charge < -0.3 is 10.1 Å². The predicted octanol–water partition coefficient (Wildman–Crippen LogP) is 4.66. The van der Waals surface area contributed by atoms with Gasteiger partial charge in [-0.15, -0.1) is 0 Å². The molecule has 0 radical (unpaired) electrons. The zero-order chi connectivity index (χ0) is 16.1. The highest BCUT2D eigenvalue weighted by atomic mass is 79.9. The third-order valence-corrected chi connectivity index (χ3v) is 3.91. The Hall–Kier alpha value is -1.37. The van der Waals surface area contributed by atoms with Crippen LogP contribution in [0.2, 0.25) is 5.02 Å². The molecule has 0 saturated carbocycles. The first-order chi connectivity index (χ1) is 10.5. The number of nitrogens with one attached hydrogen (secondary N) is 1. The largest absolute Gasteiger partial charge is 0.452 e. The van der Waals surface area contributed by atoms with Gasteiger partial charge in [-0.3, -0.25) is 4.79 Å². The topological polar surface area (TPSA) is 55.4 Å². The summed E-state index contributed by atoms with van der Waals surface area (Å²) >= 11 is 12.5. The van der Waals surface area contributed by atoms with Crippen molar-refractivity contribution >= 4 is 61.0 Å². The number of ether oxygens (including phenoxy) is 1. The van der Waals surface area contributed by atoms with Crippen molar-refractivity contribution in [3.63, 3.8) is 0 Å². The van der Waals surface area contributed by atoms with Crippen LogP contribution in [-0.2, 0) is 9.53 Å². The molecule has 2 aromatic carbocycles. The number of carbonyl (C=O) groups is 2. The molecule has 0 aromatic heterocycles. The number of carbonyl (C=O) groups excluding carboxylic acids is 2. The summed E-state index contributed by atoms with van der Waals surface area (Å²) < 4.78 is 6.49. The molecular formula is C15H10Br2ClNO3. The summed E-state index contributed by atoms with van der Waals surface area (Å²) in [6.45, 7) is -0.395. The smallest absolute Gasteiger partial charge is 0.340 e. The Morgan fingerprint density at radius 3 is 2.55 bits per heavy atom. The summed E-state index contributed by atoms with van der Waals surface area (Å²) in [5.74, 6) is -1.09. The standard InChI is InChI=1S/C15H10Br2ClNO3/c16-9-2-1-3-11(6-9)19-14(20)8-22-15(21)12-7-10(17)4-5-13(12)18/h1-7H,8H2,(H,19,20). The molecule has 0 aliphatic carbocycles. The van der Waals surface area contributed by atoms with Crippen LogP contribution in [0.3, 0.4) is 0 Å². The summed E-state index contributed by atoms with van der Waals surface area (Å²) in [5, 5.41) is 2.89. The van der Waals surface area contributed by atoms with Gasteiger partial charge in [-0.05, 0) is 36.4 Å². The van der Waals surface area contributed by atoms with Crippen LogP contribution in [0.4, 0.5) is 5.69 Å². The monoisotopic (exact) mass is 445 g/mol. The van der Waals surface area contributed by atoms with Gasteiger partial charge in [0.2, 0.25) is 0 Å². The molecule has 7 heteroatoms. The van der Waals surface area contributed by atoms with Gasteiger partial charge in [0, 0.05) is 14.6 Å². The number of esters is 1. The molecule has 0 aliphatic rings. The van der Waals surface area contributed by atoms with Crippen LogP contribution in [-0.4, -0.2) is 18.5 Å². The van der Waals surface area contributed by atoms with Gasteiger partial charge in [-0.2, -0.15) is 0 Å². The maximum absolute atomic E-state index is 11.9. The Morgan fingerprint density at radius 1 is 1.09 bits per heavy atom. The molecule has 4 nitrogen and oxygen atoms in total. The average Bonchev–Trinajstić information content (AvgIpc) is 2.47. The van der Waals surface area contributed by atoms with E-state index >= 15 is 0 Å². The molecular weight excluding hydrogens is 437 g/mol. The van der Waals surface area contributed by atoms with Crippen molar-refractivity contribution in [1.82, 2.24) is 0 Å². The zero-order valence-electron chi connectivity index (χ0n) is 11.1. The van der Waals surface area contributed by atoms with E-state index in [1.54, 1.807) is 30.3 Å². The highest BCUT2D eigenvalue weighted by Crippen LogP contribution is 2.21. The van der Waals surface area contributed by atoms with Crippen LogP contribution in [0, 0.1) is 0 Å². The predicted molar refractivity (Wildman–Crippen MR) is 92.2 cm³/mol. The quantitative estimate of drug-likeness (QED) is 0.694. The van der Waals surface area contributed by atoms with E-state index in [0.29, 0.717) is 10.2 Å².